The lowest BCUT2D eigenvalue weighted by Crippen LogP contribution is -2.17. The minimum atomic E-state index is -0.992. The minimum Gasteiger partial charge on any atom is -0.371 e. The summed E-state index contributed by atoms with van der Waals surface area (Å²) in [4.78, 5) is 3.96. The predicted octanol–water partition coefficient (Wildman–Crippen LogP) is 0.984. The molecule has 0 aliphatic carbocycles. The van der Waals surface area contributed by atoms with E-state index in [0.717, 1.165) is 0 Å². The minimum absolute atomic E-state index is 0.634. The molecule has 1 aromatic heterocycles. The topological polar surface area (TPSA) is 33.1 Å². The fraction of sp³-hybridized carbons (Fsp3) is 0.286. The fourth-order valence-electron chi connectivity index (χ4n) is 0.521. The van der Waals surface area contributed by atoms with E-state index in [1.165, 1.54) is 11.3 Å². The SMILES string of the molecule is [2H]OC(C)(C#C)c1nccs1. The van der Waals surface area contributed by atoms with Gasteiger partial charge in [-0.1, -0.05) is 5.92 Å². The van der Waals surface area contributed by atoms with Gasteiger partial charge >= 0.3 is 0 Å². The Morgan fingerprint density at radius 2 is 2.90 bits per heavy atom. The van der Waals surface area contributed by atoms with Crippen LogP contribution in [0.4, 0.5) is 0 Å². The highest BCUT2D eigenvalue weighted by atomic mass is 32.1. The molecule has 0 aromatic carbocycles. The maximum atomic E-state index is 6.76. The molecule has 0 aliphatic heterocycles. The van der Waals surface area contributed by atoms with Crippen LogP contribution in [0, 0.1) is 12.3 Å². The van der Waals surface area contributed by atoms with Crippen LogP contribution in [0.5, 0.6) is 0 Å². The Hall–Kier alpha value is -0.850. The molecule has 1 aromatic rings. The summed E-state index contributed by atoms with van der Waals surface area (Å²) in [6.45, 7) is 1.64. The number of terminal acetylenes is 1. The maximum Gasteiger partial charge on any atom is 0.213 e. The van der Waals surface area contributed by atoms with Crippen molar-refractivity contribution in [3.8, 4) is 12.3 Å². The van der Waals surface area contributed by atoms with E-state index < -0.39 is 5.60 Å². The van der Waals surface area contributed by atoms with E-state index in [1.54, 1.807) is 18.5 Å². The Kier molecular flexibility index (Phi) is 1.42. The molecule has 1 atom stereocenters. The molecular weight excluding hydrogens is 146 g/mol. The summed E-state index contributed by atoms with van der Waals surface area (Å²) in [5, 5.41) is 6.82. The summed E-state index contributed by atoms with van der Waals surface area (Å²) in [5.41, 5.74) is -0.992. The number of nitrogens with zero attached hydrogens (tertiary/aromatic N) is 1. The van der Waals surface area contributed by atoms with Crippen molar-refractivity contribution in [3.05, 3.63) is 16.6 Å². The lowest BCUT2D eigenvalue weighted by molar-refractivity contribution is 0.122. The highest BCUT2D eigenvalue weighted by Crippen LogP contribution is 2.20. The normalized spacial score (nSPS) is 17.0. The van der Waals surface area contributed by atoms with Crippen molar-refractivity contribution in [2.75, 3.05) is 0 Å². The van der Waals surface area contributed by atoms with Gasteiger partial charge in [-0.25, -0.2) is 4.98 Å². The van der Waals surface area contributed by atoms with Gasteiger partial charge in [0, 0.05) is 11.6 Å². The number of aliphatic hydroxyl groups is 1. The lowest BCUT2D eigenvalue weighted by atomic mass is 10.1. The van der Waals surface area contributed by atoms with E-state index in [9.17, 15) is 0 Å². The first-order valence-corrected chi connectivity index (χ1v) is 3.63. The number of thiazole rings is 1. The quantitative estimate of drug-likeness (QED) is 0.644. The molecule has 3 heteroatoms. The summed E-state index contributed by atoms with van der Waals surface area (Å²) < 4.78 is 6.76. The van der Waals surface area contributed by atoms with Gasteiger partial charge < -0.3 is 5.11 Å². The Bertz CT molecular complexity index is 266. The molecule has 0 amide bonds. The van der Waals surface area contributed by atoms with Crippen molar-refractivity contribution in [2.45, 2.75) is 12.5 Å². The van der Waals surface area contributed by atoms with Gasteiger partial charge in [0.05, 0.1) is 0 Å². The first-order valence-electron chi connectivity index (χ1n) is 3.16. The van der Waals surface area contributed by atoms with Crippen molar-refractivity contribution in [1.82, 2.24) is 4.98 Å². The third kappa shape index (κ3) is 1.18. The van der Waals surface area contributed by atoms with Crippen molar-refractivity contribution >= 4 is 11.3 Å². The van der Waals surface area contributed by atoms with Gasteiger partial charge in [-0.05, 0) is 6.92 Å². The smallest absolute Gasteiger partial charge is 0.213 e. The van der Waals surface area contributed by atoms with E-state index in [0.29, 0.717) is 5.01 Å². The molecule has 0 radical (unpaired) electrons. The summed E-state index contributed by atoms with van der Waals surface area (Å²) >= 11 is 1.38. The van der Waals surface area contributed by atoms with Crippen LogP contribution >= 0.6 is 11.3 Å². The van der Waals surface area contributed by atoms with Gasteiger partial charge in [-0.15, -0.1) is 17.8 Å². The van der Waals surface area contributed by atoms with E-state index >= 15 is 0 Å². The van der Waals surface area contributed by atoms with Gasteiger partial charge in [0.25, 0.3) is 0 Å². The van der Waals surface area contributed by atoms with Gasteiger partial charge in [-0.3, -0.25) is 0 Å². The molecule has 1 heterocycles. The van der Waals surface area contributed by atoms with Crippen molar-refractivity contribution < 1.29 is 5.11 Å². The average Bonchev–Trinajstić information content (AvgIpc) is 2.55. The van der Waals surface area contributed by atoms with Gasteiger partial charge in [0.15, 0.2) is 5.60 Å². The van der Waals surface area contributed by atoms with Crippen LogP contribution in [0.2, 0.25) is 0 Å². The van der Waals surface area contributed by atoms with Gasteiger partial charge in [0.2, 0.25) is 1.43 Å². The molecule has 0 spiro atoms. The third-order valence-corrected chi connectivity index (χ3v) is 2.09. The fourth-order valence-corrected chi connectivity index (χ4v) is 1.18. The molecule has 0 fully saturated rings. The average molecular weight is 154 g/mol. The molecule has 10 heavy (non-hydrogen) atoms. The zero-order chi connectivity index (χ0) is 8.32. The van der Waals surface area contributed by atoms with Crippen LogP contribution in [0.15, 0.2) is 11.6 Å². The Balaban J connectivity index is 2.99. The molecular formula is C7H7NOS. The second kappa shape index (κ2) is 2.41. The first kappa shape index (κ1) is 5.90. The van der Waals surface area contributed by atoms with Crippen LogP contribution in [-0.4, -0.2) is 11.5 Å². The Morgan fingerprint density at radius 1 is 2.10 bits per heavy atom. The van der Waals surface area contributed by atoms with E-state index in [-0.39, 0.29) is 0 Å². The van der Waals surface area contributed by atoms with E-state index in [4.69, 9.17) is 7.85 Å². The van der Waals surface area contributed by atoms with E-state index in [1.807, 2.05) is 0 Å². The standard InChI is InChI=1S/C7H7NOS/c1-3-7(2,9)6-8-4-5-10-6/h1,4-5,9H,2H3/i9D. The first-order chi connectivity index (χ1) is 5.23. The molecule has 2 nitrogen and oxygen atoms in total. The summed E-state index contributed by atoms with van der Waals surface area (Å²) in [5.74, 6) is 2.37. The Morgan fingerprint density at radius 3 is 3.30 bits per heavy atom. The van der Waals surface area contributed by atoms with Crippen LogP contribution in [0.1, 0.15) is 11.9 Å². The molecule has 0 aliphatic rings. The number of aromatic nitrogens is 1. The lowest BCUT2D eigenvalue weighted by Gasteiger charge is -2.10. The molecule has 0 saturated carbocycles. The largest absolute Gasteiger partial charge is 0.371 e. The Labute approximate surface area is 65.0 Å². The van der Waals surface area contributed by atoms with Gasteiger partial charge in [-0.2, -0.15) is 0 Å². The van der Waals surface area contributed by atoms with Crippen molar-refractivity contribution in [2.24, 2.45) is 0 Å². The third-order valence-electron chi connectivity index (χ3n) is 1.12. The highest BCUT2D eigenvalue weighted by Gasteiger charge is 2.21. The second-order valence-corrected chi connectivity index (χ2v) is 2.91. The number of hydrogen-bond donors (Lipinski definition) is 1. The van der Waals surface area contributed by atoms with Crippen LogP contribution < -0.4 is 0 Å². The predicted molar refractivity (Wildman–Crippen MR) is 40.5 cm³/mol. The van der Waals surface area contributed by atoms with Crippen LogP contribution in [0.3, 0.4) is 0 Å². The zero-order valence-corrected chi connectivity index (χ0v) is 6.31. The molecule has 0 saturated heterocycles. The highest BCUT2D eigenvalue weighted by molar-refractivity contribution is 7.09. The van der Waals surface area contributed by atoms with Crippen LogP contribution in [-0.2, 0) is 5.60 Å². The van der Waals surface area contributed by atoms with Crippen LogP contribution in [0.25, 0.3) is 0 Å². The summed E-state index contributed by atoms with van der Waals surface area (Å²) in [7, 11) is 0. The molecule has 52 valence electrons. The van der Waals surface area contributed by atoms with Gasteiger partial charge in [0.1, 0.15) is 5.01 Å². The van der Waals surface area contributed by atoms with Crippen molar-refractivity contribution in [3.63, 3.8) is 0 Å². The molecule has 0 bridgehead atoms. The molecule has 1 rings (SSSR count). The summed E-state index contributed by atoms with van der Waals surface area (Å²) in [6, 6.07) is 0. The second-order valence-electron chi connectivity index (χ2n) is 2.01. The van der Waals surface area contributed by atoms with Crippen molar-refractivity contribution in [1.29, 1.82) is 1.43 Å². The number of rotatable bonds is 2. The molecule has 1 N–H and O–H groups in total. The number of hydrogen-bond acceptors (Lipinski definition) is 3. The monoisotopic (exact) mass is 154 g/mol. The van der Waals surface area contributed by atoms with E-state index in [2.05, 4.69) is 16.0 Å². The molecule has 1 unspecified atom stereocenters. The maximum absolute atomic E-state index is 6.76. The summed E-state index contributed by atoms with van der Waals surface area (Å²) in [6.07, 6.45) is 6.81. The zero-order valence-electron chi connectivity index (χ0n) is 6.50.